The smallest absolute Gasteiger partial charge is 0.0670 e. The van der Waals surface area contributed by atoms with E-state index in [9.17, 15) is 0 Å². The third kappa shape index (κ3) is 2.89. The van der Waals surface area contributed by atoms with E-state index in [1.807, 2.05) is 6.20 Å². The van der Waals surface area contributed by atoms with Crippen LogP contribution in [-0.4, -0.2) is 29.0 Å². The maximum absolute atomic E-state index is 5.79. The lowest BCUT2D eigenvalue weighted by atomic mass is 10.00. The van der Waals surface area contributed by atoms with Crippen LogP contribution >= 0.6 is 0 Å². The Balaban J connectivity index is 1.66. The Labute approximate surface area is 113 Å². The summed E-state index contributed by atoms with van der Waals surface area (Å²) in [6.07, 6.45) is 6.82. The van der Waals surface area contributed by atoms with E-state index >= 15 is 0 Å². The third-order valence-corrected chi connectivity index (χ3v) is 3.79. The highest BCUT2D eigenvalue weighted by Crippen LogP contribution is 2.23. The minimum Gasteiger partial charge on any atom is -0.382 e. The highest BCUT2D eigenvalue weighted by Gasteiger charge is 2.21. The largest absolute Gasteiger partial charge is 0.382 e. The van der Waals surface area contributed by atoms with Gasteiger partial charge >= 0.3 is 0 Å². The van der Waals surface area contributed by atoms with E-state index in [-0.39, 0.29) is 0 Å². The van der Waals surface area contributed by atoms with Gasteiger partial charge < -0.3 is 10.1 Å². The molecule has 3 rings (SSSR count). The van der Waals surface area contributed by atoms with Crippen LogP contribution in [0.2, 0.25) is 0 Å². The Morgan fingerprint density at radius 3 is 3.32 bits per heavy atom. The molecule has 1 aromatic carbocycles. The maximum Gasteiger partial charge on any atom is 0.0670 e. The summed E-state index contributed by atoms with van der Waals surface area (Å²) in [6.45, 7) is 3.08. The second-order valence-electron chi connectivity index (χ2n) is 5.32. The minimum atomic E-state index is 0.423. The molecule has 1 saturated heterocycles. The quantitative estimate of drug-likeness (QED) is 0.885. The van der Waals surface area contributed by atoms with Crippen LogP contribution in [0.5, 0.6) is 0 Å². The van der Waals surface area contributed by atoms with Crippen molar-refractivity contribution in [2.75, 3.05) is 11.9 Å². The molecule has 2 heterocycles. The predicted octanol–water partition coefficient (Wildman–Crippen LogP) is 3.32. The van der Waals surface area contributed by atoms with Gasteiger partial charge in [0.2, 0.25) is 0 Å². The Kier molecular flexibility index (Phi) is 3.69. The first-order valence-electron chi connectivity index (χ1n) is 7.16. The van der Waals surface area contributed by atoms with Crippen molar-refractivity contribution in [2.45, 2.75) is 44.8 Å². The van der Waals surface area contributed by atoms with Gasteiger partial charge in [-0.05, 0) is 37.5 Å². The van der Waals surface area contributed by atoms with Crippen molar-refractivity contribution in [1.82, 2.24) is 10.2 Å². The highest BCUT2D eigenvalue weighted by molar-refractivity contribution is 5.81. The number of nitrogens with zero attached hydrogens (tertiary/aromatic N) is 1. The van der Waals surface area contributed by atoms with E-state index in [0.29, 0.717) is 12.1 Å². The molecule has 4 heteroatoms. The molecule has 2 unspecified atom stereocenters. The average molecular weight is 259 g/mol. The summed E-state index contributed by atoms with van der Waals surface area (Å²) in [4.78, 5) is 0. The number of ether oxygens (including phenoxy) is 1. The van der Waals surface area contributed by atoms with Gasteiger partial charge in [0.05, 0.1) is 17.8 Å². The van der Waals surface area contributed by atoms with E-state index < -0.39 is 0 Å². The van der Waals surface area contributed by atoms with Crippen LogP contribution in [0.1, 0.15) is 32.6 Å². The van der Waals surface area contributed by atoms with Crippen molar-refractivity contribution in [3.05, 3.63) is 24.4 Å². The van der Waals surface area contributed by atoms with E-state index in [1.165, 1.54) is 12.1 Å². The van der Waals surface area contributed by atoms with E-state index in [0.717, 1.165) is 36.8 Å². The van der Waals surface area contributed by atoms with E-state index in [4.69, 9.17) is 4.74 Å². The average Bonchev–Trinajstić information content (AvgIpc) is 2.87. The van der Waals surface area contributed by atoms with Crippen LogP contribution < -0.4 is 5.32 Å². The molecule has 0 aliphatic carbocycles. The highest BCUT2D eigenvalue weighted by atomic mass is 16.5. The molecular weight excluding hydrogens is 238 g/mol. The lowest BCUT2D eigenvalue weighted by Gasteiger charge is -2.30. The zero-order valence-corrected chi connectivity index (χ0v) is 11.4. The van der Waals surface area contributed by atoms with Gasteiger partial charge in [-0.15, -0.1) is 0 Å². The topological polar surface area (TPSA) is 49.9 Å². The number of rotatable bonds is 4. The summed E-state index contributed by atoms with van der Waals surface area (Å²) in [6, 6.07) is 6.88. The lowest BCUT2D eigenvalue weighted by molar-refractivity contribution is 0.00598. The second-order valence-corrected chi connectivity index (χ2v) is 5.32. The number of fused-ring (bicyclic) bond motifs is 1. The van der Waals surface area contributed by atoms with Gasteiger partial charge in [-0.25, -0.2) is 0 Å². The standard InChI is InChI=1S/C15H21N3O/c1-2-3-14-8-13(6-7-19-14)17-12-5-4-11-10-16-18-15(11)9-12/h4-5,9-10,13-14,17H,2-3,6-8H2,1H3,(H,16,18). The Hall–Kier alpha value is -1.55. The van der Waals surface area contributed by atoms with Crippen LogP contribution in [-0.2, 0) is 4.74 Å². The molecule has 102 valence electrons. The number of aromatic amines is 1. The van der Waals surface area contributed by atoms with Crippen LogP contribution in [0.3, 0.4) is 0 Å². The van der Waals surface area contributed by atoms with Crippen LogP contribution in [0.25, 0.3) is 10.9 Å². The number of H-pyrrole nitrogens is 1. The van der Waals surface area contributed by atoms with Crippen molar-refractivity contribution in [2.24, 2.45) is 0 Å². The minimum absolute atomic E-state index is 0.423. The Morgan fingerprint density at radius 2 is 2.42 bits per heavy atom. The third-order valence-electron chi connectivity index (χ3n) is 3.79. The van der Waals surface area contributed by atoms with Gasteiger partial charge in [0, 0.05) is 23.7 Å². The SMILES string of the molecule is CCCC1CC(Nc2ccc3cn[nH]c3c2)CCO1. The fourth-order valence-corrected chi connectivity index (χ4v) is 2.80. The number of benzene rings is 1. The summed E-state index contributed by atoms with van der Waals surface area (Å²) in [5.41, 5.74) is 2.25. The van der Waals surface area contributed by atoms with Gasteiger partial charge in [-0.1, -0.05) is 13.3 Å². The van der Waals surface area contributed by atoms with Gasteiger partial charge in [0.15, 0.2) is 0 Å². The van der Waals surface area contributed by atoms with Crippen LogP contribution in [0.4, 0.5) is 5.69 Å². The second kappa shape index (κ2) is 5.61. The first-order valence-corrected chi connectivity index (χ1v) is 7.16. The molecule has 0 saturated carbocycles. The Morgan fingerprint density at radius 1 is 1.47 bits per heavy atom. The van der Waals surface area contributed by atoms with Gasteiger partial charge in [0.1, 0.15) is 0 Å². The number of hydrogen-bond donors (Lipinski definition) is 2. The Bertz CT molecular complexity index is 535. The molecule has 1 aliphatic rings. The number of aromatic nitrogens is 2. The number of nitrogens with one attached hydrogen (secondary N) is 2. The molecule has 1 aromatic heterocycles. The zero-order valence-electron chi connectivity index (χ0n) is 11.4. The lowest BCUT2D eigenvalue weighted by Crippen LogP contribution is -2.33. The van der Waals surface area contributed by atoms with E-state index in [2.05, 4.69) is 40.6 Å². The molecule has 2 aromatic rings. The summed E-state index contributed by atoms with van der Waals surface area (Å²) in [5, 5.41) is 11.8. The summed E-state index contributed by atoms with van der Waals surface area (Å²) >= 11 is 0. The van der Waals surface area contributed by atoms with Crippen molar-refractivity contribution in [3.8, 4) is 0 Å². The molecule has 0 spiro atoms. The molecule has 0 amide bonds. The maximum atomic E-state index is 5.79. The van der Waals surface area contributed by atoms with Crippen LogP contribution in [0, 0.1) is 0 Å². The molecule has 1 fully saturated rings. The monoisotopic (exact) mass is 259 g/mol. The molecule has 1 aliphatic heterocycles. The van der Waals surface area contributed by atoms with Crippen molar-refractivity contribution in [1.29, 1.82) is 0 Å². The first kappa shape index (κ1) is 12.5. The van der Waals surface area contributed by atoms with Gasteiger partial charge in [0.25, 0.3) is 0 Å². The van der Waals surface area contributed by atoms with Crippen LogP contribution in [0.15, 0.2) is 24.4 Å². The summed E-state index contributed by atoms with van der Waals surface area (Å²) in [5.74, 6) is 0. The molecular formula is C15H21N3O. The number of anilines is 1. The fourth-order valence-electron chi connectivity index (χ4n) is 2.80. The van der Waals surface area contributed by atoms with Crippen molar-refractivity contribution in [3.63, 3.8) is 0 Å². The molecule has 2 atom stereocenters. The zero-order chi connectivity index (χ0) is 13.1. The molecule has 0 radical (unpaired) electrons. The van der Waals surface area contributed by atoms with Crippen molar-refractivity contribution >= 4 is 16.6 Å². The normalized spacial score (nSPS) is 23.6. The summed E-state index contributed by atoms with van der Waals surface area (Å²) in [7, 11) is 0. The number of hydrogen-bond acceptors (Lipinski definition) is 3. The fraction of sp³-hybridized carbons (Fsp3) is 0.533. The van der Waals surface area contributed by atoms with Gasteiger partial charge in [-0.3, -0.25) is 5.10 Å². The molecule has 0 bridgehead atoms. The van der Waals surface area contributed by atoms with E-state index in [1.54, 1.807) is 0 Å². The summed E-state index contributed by atoms with van der Waals surface area (Å²) < 4.78 is 5.79. The molecule has 4 nitrogen and oxygen atoms in total. The van der Waals surface area contributed by atoms with Gasteiger partial charge in [-0.2, -0.15) is 5.10 Å². The molecule has 2 N–H and O–H groups in total. The van der Waals surface area contributed by atoms with Crippen molar-refractivity contribution < 1.29 is 4.74 Å². The predicted molar refractivity (Wildman–Crippen MR) is 77.4 cm³/mol. The first-order chi connectivity index (χ1) is 9.35. The molecule has 19 heavy (non-hydrogen) atoms.